The van der Waals surface area contributed by atoms with Gasteiger partial charge in [-0.25, -0.2) is 4.98 Å². The zero-order valence-corrected chi connectivity index (χ0v) is 12.5. The van der Waals surface area contributed by atoms with Crippen LogP contribution >= 0.6 is 0 Å². The molecule has 0 unspecified atom stereocenters. The maximum Gasteiger partial charge on any atom is 0.154 e. The molecule has 4 heteroatoms. The molecule has 23 heavy (non-hydrogen) atoms. The molecule has 0 fully saturated rings. The van der Waals surface area contributed by atoms with Crippen LogP contribution in [0, 0.1) is 0 Å². The van der Waals surface area contributed by atoms with E-state index in [0.717, 1.165) is 39.6 Å². The molecule has 2 aromatic heterocycles. The molecule has 2 heterocycles. The Kier molecular flexibility index (Phi) is 3.20. The van der Waals surface area contributed by atoms with Crippen molar-refractivity contribution < 1.29 is 0 Å². The lowest BCUT2D eigenvalue weighted by molar-refractivity contribution is 1.26. The third kappa shape index (κ3) is 2.51. The molecule has 0 aliphatic heterocycles. The molecule has 0 saturated heterocycles. The molecule has 0 atom stereocenters. The lowest BCUT2D eigenvalue weighted by Gasteiger charge is -2.07. The van der Waals surface area contributed by atoms with E-state index >= 15 is 0 Å². The molecule has 4 N–H and O–H groups in total. The van der Waals surface area contributed by atoms with Crippen LogP contribution in [0.25, 0.3) is 33.9 Å². The molecule has 4 aromatic rings. The Bertz CT molecular complexity index is 921. The Morgan fingerprint density at radius 1 is 0.826 bits per heavy atom. The Morgan fingerprint density at radius 2 is 1.70 bits per heavy atom. The van der Waals surface area contributed by atoms with Crippen molar-refractivity contribution in [2.45, 2.75) is 0 Å². The second kappa shape index (κ2) is 5.50. The summed E-state index contributed by atoms with van der Waals surface area (Å²) in [6.07, 6.45) is 3.71. The van der Waals surface area contributed by atoms with Gasteiger partial charge in [-0.1, -0.05) is 42.5 Å². The highest BCUT2D eigenvalue weighted by atomic mass is 14.9. The Balaban J connectivity index is 1.70. The molecule has 0 spiro atoms. The highest BCUT2D eigenvalue weighted by Crippen LogP contribution is 2.30. The van der Waals surface area contributed by atoms with E-state index in [1.165, 1.54) is 0 Å². The van der Waals surface area contributed by atoms with Crippen LogP contribution in [-0.4, -0.2) is 15.0 Å². The van der Waals surface area contributed by atoms with Crippen LogP contribution in [0.1, 0.15) is 0 Å². The van der Waals surface area contributed by atoms with Crippen LogP contribution in [-0.2, 0) is 0 Å². The fourth-order valence-corrected chi connectivity index (χ4v) is 2.69. The van der Waals surface area contributed by atoms with Crippen LogP contribution in [0.2, 0.25) is 0 Å². The monoisotopic (exact) mass is 300 g/mol. The molecular formula is C19H16N4. The molecular weight excluding hydrogens is 284 g/mol. The summed E-state index contributed by atoms with van der Waals surface area (Å²) in [6.45, 7) is 0. The summed E-state index contributed by atoms with van der Waals surface area (Å²) in [5.74, 6) is 0.815. The van der Waals surface area contributed by atoms with Crippen molar-refractivity contribution in [3.05, 3.63) is 73.1 Å². The molecule has 0 saturated carbocycles. The lowest BCUT2D eigenvalue weighted by atomic mass is 10.0. The van der Waals surface area contributed by atoms with Gasteiger partial charge in [-0.05, 0) is 23.8 Å². The first-order valence-electron chi connectivity index (χ1n) is 7.45. The Morgan fingerprint density at radius 3 is 2.43 bits per heavy atom. The minimum Gasteiger partial charge on any atom is -0.398 e. The van der Waals surface area contributed by atoms with E-state index in [4.69, 9.17) is 5.73 Å². The Hall–Kier alpha value is -3.27. The third-order valence-electron chi connectivity index (χ3n) is 3.88. The fourth-order valence-electron chi connectivity index (χ4n) is 2.69. The van der Waals surface area contributed by atoms with E-state index in [-0.39, 0.29) is 0 Å². The van der Waals surface area contributed by atoms with Crippen molar-refractivity contribution in [1.29, 1.82) is 0 Å². The number of H-pyrrole nitrogens is 2. The smallest absolute Gasteiger partial charge is 0.154 e. The number of imidazole rings is 1. The van der Waals surface area contributed by atoms with E-state index in [0.29, 0.717) is 0 Å². The first-order chi connectivity index (χ1) is 11.3. The van der Waals surface area contributed by atoms with Crippen LogP contribution in [0.5, 0.6) is 0 Å². The highest BCUT2D eigenvalue weighted by molar-refractivity contribution is 5.80. The SMILES string of the molecule is Nc1cc(-c2cnc(-c3ccc[nH]3)[nH]2)ccc1-c1ccccc1. The van der Waals surface area contributed by atoms with Gasteiger partial charge in [0.2, 0.25) is 0 Å². The van der Waals surface area contributed by atoms with Crippen molar-refractivity contribution in [2.24, 2.45) is 0 Å². The number of nitrogens with two attached hydrogens (primary N) is 1. The van der Waals surface area contributed by atoms with E-state index in [9.17, 15) is 0 Å². The van der Waals surface area contributed by atoms with Gasteiger partial charge in [0.25, 0.3) is 0 Å². The van der Waals surface area contributed by atoms with E-state index < -0.39 is 0 Å². The van der Waals surface area contributed by atoms with Gasteiger partial charge in [0.05, 0.1) is 17.6 Å². The van der Waals surface area contributed by atoms with Gasteiger partial charge >= 0.3 is 0 Å². The summed E-state index contributed by atoms with van der Waals surface area (Å²) in [6, 6.07) is 20.2. The summed E-state index contributed by atoms with van der Waals surface area (Å²) in [7, 11) is 0. The molecule has 4 rings (SSSR count). The average Bonchev–Trinajstić information content (AvgIpc) is 3.27. The van der Waals surface area contributed by atoms with Crippen molar-refractivity contribution in [1.82, 2.24) is 15.0 Å². The van der Waals surface area contributed by atoms with Gasteiger partial charge in [0.15, 0.2) is 5.82 Å². The normalized spacial score (nSPS) is 10.8. The van der Waals surface area contributed by atoms with E-state index in [1.54, 1.807) is 0 Å². The van der Waals surface area contributed by atoms with Crippen LogP contribution < -0.4 is 5.73 Å². The van der Waals surface area contributed by atoms with Gasteiger partial charge in [-0.15, -0.1) is 0 Å². The van der Waals surface area contributed by atoms with E-state index in [2.05, 4.69) is 39.2 Å². The molecule has 0 radical (unpaired) electrons. The van der Waals surface area contributed by atoms with Gasteiger partial charge in [-0.2, -0.15) is 0 Å². The van der Waals surface area contributed by atoms with Crippen LogP contribution in [0.4, 0.5) is 5.69 Å². The quantitative estimate of drug-likeness (QED) is 0.493. The molecule has 0 aliphatic carbocycles. The third-order valence-corrected chi connectivity index (χ3v) is 3.88. The minimum absolute atomic E-state index is 0.754. The number of nitrogens with zero attached hydrogens (tertiary/aromatic N) is 1. The summed E-state index contributed by atoms with van der Waals surface area (Å²) in [4.78, 5) is 10.9. The number of hydrogen-bond acceptors (Lipinski definition) is 2. The molecule has 0 bridgehead atoms. The summed E-state index contributed by atoms with van der Waals surface area (Å²) in [5.41, 5.74) is 12.1. The number of hydrogen-bond donors (Lipinski definition) is 3. The standard InChI is InChI=1S/C19H16N4/c20-16-11-14(8-9-15(16)13-5-2-1-3-6-13)18-12-22-19(23-18)17-7-4-10-21-17/h1-12,21H,20H2,(H,22,23). The largest absolute Gasteiger partial charge is 0.398 e. The number of aromatic amines is 2. The first kappa shape index (κ1) is 13.4. The minimum atomic E-state index is 0.754. The molecule has 0 amide bonds. The van der Waals surface area contributed by atoms with Gasteiger partial charge in [0, 0.05) is 23.0 Å². The maximum atomic E-state index is 6.25. The molecule has 4 nitrogen and oxygen atoms in total. The average molecular weight is 300 g/mol. The van der Waals surface area contributed by atoms with E-state index in [1.807, 2.05) is 48.8 Å². The van der Waals surface area contributed by atoms with Crippen LogP contribution in [0.3, 0.4) is 0 Å². The van der Waals surface area contributed by atoms with Crippen LogP contribution in [0.15, 0.2) is 73.1 Å². The zero-order chi connectivity index (χ0) is 15.6. The number of nitrogen functional groups attached to an aromatic ring is 1. The number of anilines is 1. The molecule has 2 aromatic carbocycles. The van der Waals surface area contributed by atoms with Crippen molar-refractivity contribution in [2.75, 3.05) is 5.73 Å². The highest BCUT2D eigenvalue weighted by Gasteiger charge is 2.08. The van der Waals surface area contributed by atoms with Gasteiger partial charge in [0.1, 0.15) is 0 Å². The Labute approximate surface area is 134 Å². The second-order valence-electron chi connectivity index (χ2n) is 5.40. The van der Waals surface area contributed by atoms with Crippen molar-refractivity contribution in [3.63, 3.8) is 0 Å². The summed E-state index contributed by atoms with van der Waals surface area (Å²) >= 11 is 0. The predicted octanol–water partition coefficient (Wildman–Crippen LogP) is 4.32. The molecule has 112 valence electrons. The van der Waals surface area contributed by atoms with Crippen molar-refractivity contribution >= 4 is 5.69 Å². The molecule has 0 aliphatic rings. The number of rotatable bonds is 3. The topological polar surface area (TPSA) is 70.5 Å². The lowest BCUT2D eigenvalue weighted by Crippen LogP contribution is -1.91. The number of nitrogens with one attached hydrogen (secondary N) is 2. The predicted molar refractivity (Wildman–Crippen MR) is 93.7 cm³/mol. The summed E-state index contributed by atoms with van der Waals surface area (Å²) in [5, 5.41) is 0. The fraction of sp³-hybridized carbons (Fsp3) is 0. The first-order valence-corrected chi connectivity index (χ1v) is 7.45. The maximum absolute atomic E-state index is 6.25. The number of benzene rings is 2. The zero-order valence-electron chi connectivity index (χ0n) is 12.5. The second-order valence-corrected chi connectivity index (χ2v) is 5.40. The van der Waals surface area contributed by atoms with Crippen molar-refractivity contribution in [3.8, 4) is 33.9 Å². The summed E-state index contributed by atoms with van der Waals surface area (Å²) < 4.78 is 0. The number of aromatic nitrogens is 3. The van der Waals surface area contributed by atoms with Gasteiger partial charge < -0.3 is 15.7 Å². The van der Waals surface area contributed by atoms with Gasteiger partial charge in [-0.3, -0.25) is 0 Å².